The van der Waals surface area contributed by atoms with Gasteiger partial charge in [0.2, 0.25) is 5.91 Å². The number of carbonyl (C=O) groups is 1. The van der Waals surface area contributed by atoms with Gasteiger partial charge in [-0.05, 0) is 47.9 Å². The lowest BCUT2D eigenvalue weighted by atomic mass is 10.1. The van der Waals surface area contributed by atoms with Gasteiger partial charge in [0.15, 0.2) is 11.5 Å². The highest BCUT2D eigenvalue weighted by molar-refractivity contribution is 6.02. The molecule has 26 heavy (non-hydrogen) atoms. The average Bonchev–Trinajstić information content (AvgIpc) is 2.65. The minimum Gasteiger partial charge on any atom is -0.493 e. The third-order valence-corrected chi connectivity index (χ3v) is 3.45. The van der Waals surface area contributed by atoms with E-state index in [1.54, 1.807) is 37.5 Å². The van der Waals surface area contributed by atoms with Gasteiger partial charge in [-0.2, -0.15) is 5.26 Å². The zero-order chi connectivity index (χ0) is 18.9. The summed E-state index contributed by atoms with van der Waals surface area (Å²) < 4.78 is 11.1. The summed E-state index contributed by atoms with van der Waals surface area (Å²) in [5, 5.41) is 11.6. The molecule has 2 rings (SSSR count). The Morgan fingerprint density at radius 1 is 1.23 bits per heavy atom. The molecule has 0 radical (unpaired) electrons. The summed E-state index contributed by atoms with van der Waals surface area (Å²) in [6, 6.07) is 14.3. The van der Waals surface area contributed by atoms with Gasteiger partial charge in [-0.1, -0.05) is 26.0 Å². The van der Waals surface area contributed by atoms with Crippen molar-refractivity contribution < 1.29 is 14.3 Å². The minimum atomic E-state index is -0.279. The molecule has 0 heterocycles. The molecule has 134 valence electrons. The van der Waals surface area contributed by atoms with Gasteiger partial charge < -0.3 is 14.8 Å². The van der Waals surface area contributed by atoms with Crippen molar-refractivity contribution in [3.63, 3.8) is 0 Å². The van der Waals surface area contributed by atoms with Crippen molar-refractivity contribution in [2.24, 2.45) is 5.92 Å². The molecule has 0 aliphatic carbocycles. The molecule has 5 heteroatoms. The number of ether oxygens (including phenoxy) is 2. The van der Waals surface area contributed by atoms with Gasteiger partial charge in [0.05, 0.1) is 25.3 Å². The van der Waals surface area contributed by atoms with E-state index < -0.39 is 0 Å². The van der Waals surface area contributed by atoms with Crippen molar-refractivity contribution in [3.05, 3.63) is 59.7 Å². The summed E-state index contributed by atoms with van der Waals surface area (Å²) in [7, 11) is 1.58. The first-order chi connectivity index (χ1) is 12.5. The van der Waals surface area contributed by atoms with E-state index in [-0.39, 0.29) is 5.91 Å². The number of anilines is 1. The van der Waals surface area contributed by atoms with E-state index in [4.69, 9.17) is 14.7 Å². The van der Waals surface area contributed by atoms with Gasteiger partial charge in [-0.3, -0.25) is 4.79 Å². The first-order valence-corrected chi connectivity index (χ1v) is 8.32. The van der Waals surface area contributed by atoms with Crippen LogP contribution in [0.1, 0.15) is 25.0 Å². The molecule has 2 aromatic rings. The Balaban J connectivity index is 2.04. The molecular weight excluding hydrogens is 328 g/mol. The average molecular weight is 350 g/mol. The van der Waals surface area contributed by atoms with Crippen molar-refractivity contribution >= 4 is 17.7 Å². The summed E-state index contributed by atoms with van der Waals surface area (Å²) >= 11 is 0. The van der Waals surface area contributed by atoms with Gasteiger partial charge in [0.1, 0.15) is 0 Å². The molecule has 2 aromatic carbocycles. The number of amides is 1. The van der Waals surface area contributed by atoms with Gasteiger partial charge in [-0.15, -0.1) is 0 Å². The molecule has 0 aliphatic rings. The molecule has 0 atom stereocenters. The van der Waals surface area contributed by atoms with Crippen molar-refractivity contribution in [3.8, 4) is 17.6 Å². The van der Waals surface area contributed by atoms with E-state index in [0.29, 0.717) is 35.3 Å². The largest absolute Gasteiger partial charge is 0.493 e. The molecule has 0 saturated carbocycles. The predicted molar refractivity (Wildman–Crippen MR) is 102 cm³/mol. The number of nitriles is 1. The van der Waals surface area contributed by atoms with E-state index >= 15 is 0 Å². The number of hydrogen-bond acceptors (Lipinski definition) is 4. The molecule has 0 fully saturated rings. The first kappa shape index (κ1) is 19.1. The number of methoxy groups -OCH3 is 1. The predicted octanol–water partition coefficient (Wildman–Crippen LogP) is 4.25. The molecule has 0 unspecified atom stereocenters. The van der Waals surface area contributed by atoms with Crippen molar-refractivity contribution in [2.75, 3.05) is 19.0 Å². The molecular formula is C21H22N2O3. The summed E-state index contributed by atoms with van der Waals surface area (Å²) in [5.41, 5.74) is 1.89. The summed E-state index contributed by atoms with van der Waals surface area (Å²) in [5.74, 6) is 1.44. The van der Waals surface area contributed by atoms with Gasteiger partial charge in [-0.25, -0.2) is 0 Å². The fourth-order valence-corrected chi connectivity index (χ4v) is 2.19. The lowest BCUT2D eigenvalue weighted by molar-refractivity contribution is -0.111. The highest BCUT2D eigenvalue weighted by atomic mass is 16.5. The highest BCUT2D eigenvalue weighted by Crippen LogP contribution is 2.29. The van der Waals surface area contributed by atoms with E-state index in [0.717, 1.165) is 5.56 Å². The molecule has 1 N–H and O–H groups in total. The topological polar surface area (TPSA) is 71.3 Å². The SMILES string of the molecule is COc1cc(/C=C/C(=O)Nc2cccc(C#N)c2)ccc1OCC(C)C. The van der Waals surface area contributed by atoms with Crippen LogP contribution in [-0.4, -0.2) is 19.6 Å². The van der Waals surface area contributed by atoms with Crippen LogP contribution in [0.25, 0.3) is 6.08 Å². The molecule has 0 aromatic heterocycles. The Labute approximate surface area is 153 Å². The van der Waals surface area contributed by atoms with Crippen LogP contribution in [0.2, 0.25) is 0 Å². The first-order valence-electron chi connectivity index (χ1n) is 8.32. The van der Waals surface area contributed by atoms with Crippen LogP contribution in [0.5, 0.6) is 11.5 Å². The van der Waals surface area contributed by atoms with Gasteiger partial charge >= 0.3 is 0 Å². The maximum atomic E-state index is 12.0. The lowest BCUT2D eigenvalue weighted by Gasteiger charge is -2.12. The maximum Gasteiger partial charge on any atom is 0.248 e. The normalized spacial score (nSPS) is 10.6. The quantitative estimate of drug-likeness (QED) is 0.758. The molecule has 1 amide bonds. The second-order valence-corrected chi connectivity index (χ2v) is 6.13. The minimum absolute atomic E-state index is 0.279. The summed E-state index contributed by atoms with van der Waals surface area (Å²) in [4.78, 5) is 12.0. The molecule has 0 aliphatic heterocycles. The zero-order valence-corrected chi connectivity index (χ0v) is 15.2. The Hall–Kier alpha value is -3.26. The summed E-state index contributed by atoms with van der Waals surface area (Å²) in [6.07, 6.45) is 3.13. The van der Waals surface area contributed by atoms with E-state index in [2.05, 4.69) is 19.2 Å². The van der Waals surface area contributed by atoms with E-state index in [1.807, 2.05) is 24.3 Å². The van der Waals surface area contributed by atoms with Crippen LogP contribution < -0.4 is 14.8 Å². The van der Waals surface area contributed by atoms with Crippen LogP contribution >= 0.6 is 0 Å². The van der Waals surface area contributed by atoms with E-state index in [1.165, 1.54) is 6.08 Å². The van der Waals surface area contributed by atoms with Crippen LogP contribution in [0.4, 0.5) is 5.69 Å². The number of nitrogens with zero attached hydrogens (tertiary/aromatic N) is 1. The van der Waals surface area contributed by atoms with E-state index in [9.17, 15) is 4.79 Å². The maximum absolute atomic E-state index is 12.0. The molecule has 0 bridgehead atoms. The van der Waals surface area contributed by atoms with Crippen LogP contribution in [0.3, 0.4) is 0 Å². The second-order valence-electron chi connectivity index (χ2n) is 6.13. The zero-order valence-electron chi connectivity index (χ0n) is 15.2. The second kappa shape index (κ2) is 9.28. The van der Waals surface area contributed by atoms with Crippen LogP contribution in [-0.2, 0) is 4.79 Å². The lowest BCUT2D eigenvalue weighted by Crippen LogP contribution is -2.07. The highest BCUT2D eigenvalue weighted by Gasteiger charge is 2.06. The Kier molecular flexibility index (Phi) is 6.81. The van der Waals surface area contributed by atoms with Crippen LogP contribution in [0, 0.1) is 17.2 Å². The third-order valence-electron chi connectivity index (χ3n) is 3.45. The Bertz CT molecular complexity index is 835. The van der Waals surface area contributed by atoms with Crippen LogP contribution in [0.15, 0.2) is 48.5 Å². The Morgan fingerprint density at radius 3 is 2.73 bits per heavy atom. The number of nitrogens with one attached hydrogen (secondary N) is 1. The van der Waals surface area contributed by atoms with Crippen molar-refractivity contribution in [1.82, 2.24) is 0 Å². The smallest absolute Gasteiger partial charge is 0.248 e. The van der Waals surface area contributed by atoms with Gasteiger partial charge in [0, 0.05) is 11.8 Å². The number of benzene rings is 2. The fourth-order valence-electron chi connectivity index (χ4n) is 2.19. The van der Waals surface area contributed by atoms with Gasteiger partial charge in [0.25, 0.3) is 0 Å². The third kappa shape index (κ3) is 5.67. The standard InChI is InChI=1S/C21H22N2O3/c1-15(2)14-26-19-9-7-16(12-20(19)25-3)8-10-21(24)23-18-6-4-5-17(11-18)13-22/h4-12,15H,14H2,1-3H3,(H,23,24)/b10-8+. The fraction of sp³-hybridized carbons (Fsp3) is 0.238. The molecule has 0 spiro atoms. The number of hydrogen-bond donors (Lipinski definition) is 1. The monoisotopic (exact) mass is 350 g/mol. The molecule has 0 saturated heterocycles. The van der Waals surface area contributed by atoms with Crippen molar-refractivity contribution in [2.45, 2.75) is 13.8 Å². The Morgan fingerprint density at radius 2 is 2.04 bits per heavy atom. The number of carbonyl (C=O) groups excluding carboxylic acids is 1. The molecule has 5 nitrogen and oxygen atoms in total. The van der Waals surface area contributed by atoms with Crippen molar-refractivity contribution in [1.29, 1.82) is 5.26 Å². The number of rotatable bonds is 7. The summed E-state index contributed by atoms with van der Waals surface area (Å²) in [6.45, 7) is 4.76.